The molecule has 4 heterocycles. The maximum absolute atomic E-state index is 10.6. The zero-order valence-corrected chi connectivity index (χ0v) is 21.5. The fraction of sp³-hybridized carbons (Fsp3) is 0.591. The third-order valence-corrected chi connectivity index (χ3v) is 6.65. The molecule has 16 heteroatoms. The van der Waals surface area contributed by atoms with Crippen molar-refractivity contribution >= 4 is 23.3 Å². The normalized spacial score (nSPS) is 17.1. The van der Waals surface area contributed by atoms with Crippen LogP contribution in [0.3, 0.4) is 0 Å². The number of aryl methyl sites for hydroxylation is 1. The van der Waals surface area contributed by atoms with Gasteiger partial charge in [0.1, 0.15) is 5.82 Å². The van der Waals surface area contributed by atoms with Crippen molar-refractivity contribution in [3.63, 3.8) is 0 Å². The third-order valence-electron chi connectivity index (χ3n) is 5.67. The molecule has 9 nitrogen and oxygen atoms in total. The number of carbonyl (C=O) groups is 2. The van der Waals surface area contributed by atoms with Crippen LogP contribution in [0.5, 0.6) is 0 Å². The average Bonchev–Trinajstić information content (AvgIpc) is 3.40. The van der Waals surface area contributed by atoms with E-state index in [1.807, 2.05) is 11.3 Å². The Morgan fingerprint density at radius 3 is 1.89 bits per heavy atom. The van der Waals surface area contributed by atoms with Gasteiger partial charge in [0.15, 0.2) is 0 Å². The van der Waals surface area contributed by atoms with Crippen LogP contribution in [0.4, 0.5) is 26.3 Å². The van der Waals surface area contributed by atoms with Gasteiger partial charge in [-0.3, -0.25) is 9.80 Å². The summed E-state index contributed by atoms with van der Waals surface area (Å²) in [5.74, 6) is -4.28. The van der Waals surface area contributed by atoms with Crippen molar-refractivity contribution in [1.29, 1.82) is 0 Å². The molecule has 0 bridgehead atoms. The molecule has 2 aliphatic rings. The highest BCUT2D eigenvalue weighted by atomic mass is 32.1. The minimum atomic E-state index is -5.08. The van der Waals surface area contributed by atoms with Gasteiger partial charge in [0.2, 0.25) is 0 Å². The second-order valence-corrected chi connectivity index (χ2v) is 10.1. The summed E-state index contributed by atoms with van der Waals surface area (Å²) in [6.45, 7) is 12.1. The standard InChI is InChI=1S/C18H27N5S.2C2HF3O2/c1-15-3-4-17(24-15)13-22-9-10-23-16(11-19-18(23)14-22)12-21-7-5-20(2)6-8-21;2*3-2(4,5)1(6)7/h3-4,11H,5-10,12-14H2,1-2H3;2*(H,6,7). The minimum Gasteiger partial charge on any atom is -0.475 e. The Kier molecular flexibility index (Phi) is 11.1. The molecule has 1 saturated heterocycles. The fourth-order valence-electron chi connectivity index (χ4n) is 3.66. The predicted octanol–water partition coefficient (Wildman–Crippen LogP) is 3.28. The van der Waals surface area contributed by atoms with E-state index < -0.39 is 24.3 Å². The van der Waals surface area contributed by atoms with Crippen LogP contribution in [-0.2, 0) is 35.8 Å². The van der Waals surface area contributed by atoms with Crippen molar-refractivity contribution in [2.24, 2.45) is 0 Å². The Labute approximate surface area is 218 Å². The summed E-state index contributed by atoms with van der Waals surface area (Å²) in [5.41, 5.74) is 1.39. The van der Waals surface area contributed by atoms with Crippen molar-refractivity contribution in [3.05, 3.63) is 39.6 Å². The van der Waals surface area contributed by atoms with E-state index >= 15 is 0 Å². The quantitative estimate of drug-likeness (QED) is 0.538. The molecule has 2 aromatic heterocycles. The molecule has 0 atom stereocenters. The molecular weight excluding hydrogens is 544 g/mol. The third kappa shape index (κ3) is 10.2. The molecule has 0 aliphatic carbocycles. The van der Waals surface area contributed by atoms with Crippen molar-refractivity contribution in [2.45, 2.75) is 45.5 Å². The van der Waals surface area contributed by atoms with E-state index in [1.54, 1.807) is 0 Å². The molecule has 4 rings (SSSR count). The summed E-state index contributed by atoms with van der Waals surface area (Å²) >= 11 is 1.91. The second kappa shape index (κ2) is 13.4. The van der Waals surface area contributed by atoms with Crippen molar-refractivity contribution in [1.82, 2.24) is 24.3 Å². The first kappa shape index (κ1) is 31.5. The van der Waals surface area contributed by atoms with Gasteiger partial charge < -0.3 is 19.7 Å². The smallest absolute Gasteiger partial charge is 0.475 e. The Morgan fingerprint density at radius 1 is 0.895 bits per heavy atom. The Hall–Kier alpha value is -2.69. The number of aromatic nitrogens is 2. The SMILES string of the molecule is Cc1ccc(CN2CCn3c(CN4CCN(C)CC4)cnc3C2)s1.O=C(O)C(F)(F)F.O=C(O)C(F)(F)F. The first-order valence-corrected chi connectivity index (χ1v) is 12.2. The number of thiophene rings is 1. The summed E-state index contributed by atoms with van der Waals surface area (Å²) in [7, 11) is 2.21. The summed E-state index contributed by atoms with van der Waals surface area (Å²) in [4.78, 5) is 32.9. The zero-order chi connectivity index (χ0) is 28.7. The number of piperazine rings is 1. The van der Waals surface area contributed by atoms with Gasteiger partial charge >= 0.3 is 24.3 Å². The van der Waals surface area contributed by atoms with E-state index in [4.69, 9.17) is 24.8 Å². The lowest BCUT2D eigenvalue weighted by molar-refractivity contribution is -0.193. The molecule has 0 unspecified atom stereocenters. The van der Waals surface area contributed by atoms with Gasteiger partial charge in [0.05, 0.1) is 12.2 Å². The summed E-state index contributed by atoms with van der Waals surface area (Å²) in [6.07, 6.45) is -8.06. The van der Waals surface area contributed by atoms with E-state index in [1.165, 1.54) is 47.5 Å². The van der Waals surface area contributed by atoms with E-state index in [-0.39, 0.29) is 0 Å². The summed E-state index contributed by atoms with van der Waals surface area (Å²) < 4.78 is 65.9. The van der Waals surface area contributed by atoms with Crippen LogP contribution in [0.2, 0.25) is 0 Å². The molecule has 2 aliphatic heterocycles. The molecule has 0 amide bonds. The van der Waals surface area contributed by atoms with Gasteiger partial charge in [-0.1, -0.05) is 0 Å². The number of rotatable bonds is 4. The highest BCUT2D eigenvalue weighted by Crippen LogP contribution is 2.22. The van der Waals surface area contributed by atoms with Crippen LogP contribution in [0.15, 0.2) is 18.3 Å². The molecule has 0 radical (unpaired) electrons. The molecule has 2 N–H and O–H groups in total. The number of carboxylic acids is 2. The van der Waals surface area contributed by atoms with E-state index in [2.05, 4.69) is 51.6 Å². The lowest BCUT2D eigenvalue weighted by Gasteiger charge is -2.33. The Bertz CT molecular complexity index is 1040. The van der Waals surface area contributed by atoms with Crippen LogP contribution in [0.1, 0.15) is 21.3 Å². The minimum absolute atomic E-state index is 0.972. The highest BCUT2D eigenvalue weighted by molar-refractivity contribution is 7.11. The highest BCUT2D eigenvalue weighted by Gasteiger charge is 2.38. The molecule has 0 aromatic carbocycles. The molecule has 0 spiro atoms. The van der Waals surface area contributed by atoms with Gasteiger partial charge in [-0.05, 0) is 26.1 Å². The van der Waals surface area contributed by atoms with Crippen molar-refractivity contribution in [2.75, 3.05) is 39.8 Å². The maximum Gasteiger partial charge on any atom is 0.490 e. The van der Waals surface area contributed by atoms with Gasteiger partial charge in [0, 0.05) is 68.3 Å². The number of likely N-dealkylation sites (N-methyl/N-ethyl adjacent to an activating group) is 1. The molecule has 1 fully saturated rings. The topological polar surface area (TPSA) is 102 Å². The number of alkyl halides is 6. The van der Waals surface area contributed by atoms with Gasteiger partial charge in [-0.25, -0.2) is 14.6 Å². The van der Waals surface area contributed by atoms with Crippen LogP contribution in [0, 0.1) is 6.92 Å². The molecule has 214 valence electrons. The van der Waals surface area contributed by atoms with Gasteiger partial charge in [-0.2, -0.15) is 26.3 Å². The van der Waals surface area contributed by atoms with E-state index in [0.29, 0.717) is 0 Å². The number of carboxylic acid groups (broad SMARTS) is 2. The Morgan fingerprint density at radius 2 is 1.42 bits per heavy atom. The number of hydrogen-bond acceptors (Lipinski definition) is 7. The van der Waals surface area contributed by atoms with E-state index in [9.17, 15) is 26.3 Å². The predicted molar refractivity (Wildman–Crippen MR) is 126 cm³/mol. The molecule has 2 aromatic rings. The van der Waals surface area contributed by atoms with Crippen LogP contribution in [-0.4, -0.2) is 98.5 Å². The number of fused-ring (bicyclic) bond motifs is 1. The largest absolute Gasteiger partial charge is 0.490 e. The number of halogens is 6. The summed E-state index contributed by atoms with van der Waals surface area (Å²) in [5, 5.41) is 14.2. The van der Waals surface area contributed by atoms with Crippen molar-refractivity contribution in [3.8, 4) is 0 Å². The molecule has 38 heavy (non-hydrogen) atoms. The first-order chi connectivity index (χ1) is 17.6. The number of aliphatic carboxylic acids is 2. The number of hydrogen-bond donors (Lipinski definition) is 2. The monoisotopic (exact) mass is 573 g/mol. The van der Waals surface area contributed by atoms with Crippen LogP contribution >= 0.6 is 11.3 Å². The fourth-order valence-corrected chi connectivity index (χ4v) is 4.59. The molecular formula is C22H29F6N5O4S. The van der Waals surface area contributed by atoms with Gasteiger partial charge in [0.25, 0.3) is 0 Å². The lowest BCUT2D eigenvalue weighted by atomic mass is 10.3. The van der Waals surface area contributed by atoms with Crippen LogP contribution < -0.4 is 0 Å². The van der Waals surface area contributed by atoms with Gasteiger partial charge in [-0.15, -0.1) is 11.3 Å². The van der Waals surface area contributed by atoms with Crippen LogP contribution in [0.25, 0.3) is 0 Å². The van der Waals surface area contributed by atoms with Crippen molar-refractivity contribution < 1.29 is 46.1 Å². The zero-order valence-electron chi connectivity index (χ0n) is 20.7. The lowest BCUT2D eigenvalue weighted by Crippen LogP contribution is -2.44. The maximum atomic E-state index is 10.6. The Balaban J connectivity index is 0.000000301. The summed E-state index contributed by atoms with van der Waals surface area (Å²) in [6, 6.07) is 4.49. The van der Waals surface area contributed by atoms with E-state index in [0.717, 1.165) is 32.7 Å². The molecule has 0 saturated carbocycles. The number of imidazole rings is 1. The average molecular weight is 574 g/mol. The first-order valence-electron chi connectivity index (χ1n) is 11.4. The second-order valence-electron chi connectivity index (χ2n) is 8.73. The number of nitrogens with zero attached hydrogens (tertiary/aromatic N) is 5.